The Kier molecular flexibility index (Phi) is 6.89. The molecule has 0 saturated heterocycles. The lowest BCUT2D eigenvalue weighted by Gasteiger charge is -2.20. The molecule has 6 nitrogen and oxygen atoms in total. The number of phenols is 1. The van der Waals surface area contributed by atoms with E-state index in [1.54, 1.807) is 24.3 Å². The van der Waals surface area contributed by atoms with Gasteiger partial charge in [-0.25, -0.2) is 9.59 Å². The molecule has 0 aliphatic heterocycles. The number of nitrogens with one attached hydrogen (secondary N) is 1. The quantitative estimate of drug-likeness (QED) is 0.712. The van der Waals surface area contributed by atoms with Crippen molar-refractivity contribution in [3.8, 4) is 5.75 Å². The molecule has 148 valence electrons. The molecule has 0 radical (unpaired) electrons. The highest BCUT2D eigenvalue weighted by Crippen LogP contribution is 2.22. The molecule has 1 aliphatic carbocycles. The van der Waals surface area contributed by atoms with Gasteiger partial charge in [0, 0.05) is 6.42 Å². The third-order valence-corrected chi connectivity index (χ3v) is 4.75. The van der Waals surface area contributed by atoms with Crippen LogP contribution in [0.15, 0.2) is 54.6 Å². The first kappa shape index (κ1) is 19.7. The summed E-state index contributed by atoms with van der Waals surface area (Å²) in [5.74, 6) is -0.319. The summed E-state index contributed by atoms with van der Waals surface area (Å²) in [6.45, 7) is 0.121. The Morgan fingerprint density at radius 3 is 2.36 bits per heavy atom. The molecule has 6 heteroatoms. The van der Waals surface area contributed by atoms with Crippen molar-refractivity contribution in [1.29, 1.82) is 0 Å². The van der Waals surface area contributed by atoms with Gasteiger partial charge in [-0.2, -0.15) is 0 Å². The zero-order valence-electron chi connectivity index (χ0n) is 15.7. The minimum absolute atomic E-state index is 0.0862. The number of hydrogen-bond donors (Lipinski definition) is 2. The number of ether oxygens (including phenoxy) is 2. The van der Waals surface area contributed by atoms with Crippen LogP contribution in [-0.2, 0) is 27.3 Å². The van der Waals surface area contributed by atoms with Gasteiger partial charge in [-0.1, -0.05) is 42.5 Å². The van der Waals surface area contributed by atoms with E-state index in [2.05, 4.69) is 5.32 Å². The fraction of sp³-hybridized carbons (Fsp3) is 0.364. The summed E-state index contributed by atoms with van der Waals surface area (Å²) in [6, 6.07) is 15.0. The molecule has 1 saturated carbocycles. The molecule has 3 rings (SSSR count). The molecular formula is C22H25NO5. The summed E-state index contributed by atoms with van der Waals surface area (Å²) < 4.78 is 10.8. The fourth-order valence-electron chi connectivity index (χ4n) is 3.22. The molecule has 2 aromatic rings. The minimum Gasteiger partial charge on any atom is -0.508 e. The highest BCUT2D eigenvalue weighted by Gasteiger charge is 2.27. The Morgan fingerprint density at radius 1 is 1.00 bits per heavy atom. The highest BCUT2D eigenvalue weighted by molar-refractivity contribution is 5.81. The summed E-state index contributed by atoms with van der Waals surface area (Å²) in [5, 5.41) is 12.1. The third-order valence-electron chi connectivity index (χ3n) is 4.75. The van der Waals surface area contributed by atoms with Crippen LogP contribution in [0.3, 0.4) is 0 Å². The molecule has 2 aromatic carbocycles. The van der Waals surface area contributed by atoms with E-state index in [0.29, 0.717) is 0 Å². The normalized spacial score (nSPS) is 15.0. The van der Waals surface area contributed by atoms with E-state index >= 15 is 0 Å². The van der Waals surface area contributed by atoms with E-state index in [0.717, 1.165) is 36.8 Å². The second kappa shape index (κ2) is 9.78. The van der Waals surface area contributed by atoms with Crippen LogP contribution in [0.5, 0.6) is 5.75 Å². The van der Waals surface area contributed by atoms with Gasteiger partial charge in [0.05, 0.1) is 0 Å². The lowest BCUT2D eigenvalue weighted by molar-refractivity contribution is -0.151. The van der Waals surface area contributed by atoms with Gasteiger partial charge in [0.1, 0.15) is 24.5 Å². The summed E-state index contributed by atoms with van der Waals surface area (Å²) >= 11 is 0. The Hall–Kier alpha value is -3.02. The van der Waals surface area contributed by atoms with Gasteiger partial charge in [0.15, 0.2) is 0 Å². The number of hydrogen-bond acceptors (Lipinski definition) is 5. The number of aromatic hydroxyl groups is 1. The smallest absolute Gasteiger partial charge is 0.408 e. The average Bonchev–Trinajstić information content (AvgIpc) is 3.21. The lowest BCUT2D eigenvalue weighted by atomic mass is 10.1. The van der Waals surface area contributed by atoms with E-state index < -0.39 is 18.1 Å². The zero-order chi connectivity index (χ0) is 19.8. The van der Waals surface area contributed by atoms with Gasteiger partial charge in [-0.05, 0) is 48.9 Å². The number of benzene rings is 2. The molecule has 1 atom stereocenters. The molecule has 0 spiro atoms. The van der Waals surface area contributed by atoms with Crippen LogP contribution in [0.4, 0.5) is 4.79 Å². The van der Waals surface area contributed by atoms with Gasteiger partial charge >= 0.3 is 12.1 Å². The number of alkyl carbamates (subject to hydrolysis) is 1. The number of rotatable bonds is 7. The Balaban J connectivity index is 1.61. The SMILES string of the molecule is O=C(N[C@@H](Cc1ccc(O)cc1)C(=O)OC1CCCC1)OCc1ccccc1. The first-order chi connectivity index (χ1) is 13.6. The number of carbonyl (C=O) groups excluding carboxylic acids is 2. The van der Waals surface area contributed by atoms with Crippen molar-refractivity contribution in [3.05, 3.63) is 65.7 Å². The minimum atomic E-state index is -0.853. The number of carbonyl (C=O) groups is 2. The molecular weight excluding hydrogens is 358 g/mol. The summed E-state index contributed by atoms with van der Waals surface area (Å²) in [4.78, 5) is 24.9. The second-order valence-corrected chi connectivity index (χ2v) is 6.97. The summed E-state index contributed by atoms with van der Waals surface area (Å²) in [5.41, 5.74) is 1.66. The lowest BCUT2D eigenvalue weighted by Crippen LogP contribution is -2.44. The van der Waals surface area contributed by atoms with Gasteiger partial charge in [-0.15, -0.1) is 0 Å². The fourth-order valence-corrected chi connectivity index (χ4v) is 3.22. The van der Waals surface area contributed by atoms with Crippen LogP contribution in [0.25, 0.3) is 0 Å². The number of phenolic OH excluding ortho intramolecular Hbond substituents is 1. The molecule has 2 N–H and O–H groups in total. The maximum Gasteiger partial charge on any atom is 0.408 e. The molecule has 1 fully saturated rings. The van der Waals surface area contributed by atoms with Gasteiger partial charge < -0.3 is 19.9 Å². The van der Waals surface area contributed by atoms with Gasteiger partial charge in [0.25, 0.3) is 0 Å². The highest BCUT2D eigenvalue weighted by atomic mass is 16.6. The average molecular weight is 383 g/mol. The first-order valence-corrected chi connectivity index (χ1v) is 9.56. The van der Waals surface area contributed by atoms with E-state index in [-0.39, 0.29) is 24.9 Å². The molecule has 0 aromatic heterocycles. The standard InChI is InChI=1S/C22H25NO5/c24-18-12-10-16(11-13-18)14-20(21(25)28-19-8-4-5-9-19)23-22(26)27-15-17-6-2-1-3-7-17/h1-3,6-7,10-13,19-20,24H,4-5,8-9,14-15H2,(H,23,26)/t20-/m0/s1. The van der Waals surface area contributed by atoms with Gasteiger partial charge in [0.2, 0.25) is 0 Å². The molecule has 1 aliphatic rings. The van der Waals surface area contributed by atoms with Crippen LogP contribution in [0, 0.1) is 0 Å². The number of amides is 1. The monoisotopic (exact) mass is 383 g/mol. The van der Waals surface area contributed by atoms with Crippen molar-refractivity contribution in [2.45, 2.75) is 50.9 Å². The topological polar surface area (TPSA) is 84.9 Å². The maximum atomic E-state index is 12.6. The zero-order valence-corrected chi connectivity index (χ0v) is 15.7. The largest absolute Gasteiger partial charge is 0.508 e. The van der Waals surface area contributed by atoms with E-state index in [9.17, 15) is 14.7 Å². The Bertz CT molecular complexity index is 769. The van der Waals surface area contributed by atoms with Crippen LogP contribution in [0.2, 0.25) is 0 Å². The molecule has 0 unspecified atom stereocenters. The van der Waals surface area contributed by atoms with E-state index in [1.807, 2.05) is 30.3 Å². The van der Waals surface area contributed by atoms with Crippen molar-refractivity contribution < 1.29 is 24.2 Å². The first-order valence-electron chi connectivity index (χ1n) is 9.56. The number of esters is 1. The van der Waals surface area contributed by atoms with Crippen molar-refractivity contribution in [1.82, 2.24) is 5.32 Å². The van der Waals surface area contributed by atoms with Crippen LogP contribution in [0.1, 0.15) is 36.8 Å². The summed E-state index contributed by atoms with van der Waals surface area (Å²) in [6.07, 6.45) is 3.31. The van der Waals surface area contributed by atoms with Crippen LogP contribution in [-0.4, -0.2) is 29.3 Å². The molecule has 1 amide bonds. The Labute approximate surface area is 164 Å². The van der Waals surface area contributed by atoms with Gasteiger partial charge in [-0.3, -0.25) is 0 Å². The molecule has 0 bridgehead atoms. The molecule has 28 heavy (non-hydrogen) atoms. The summed E-state index contributed by atoms with van der Waals surface area (Å²) in [7, 11) is 0. The van der Waals surface area contributed by atoms with Crippen LogP contribution < -0.4 is 5.32 Å². The van der Waals surface area contributed by atoms with Crippen molar-refractivity contribution in [2.75, 3.05) is 0 Å². The van der Waals surface area contributed by atoms with E-state index in [1.165, 1.54) is 0 Å². The molecule has 0 heterocycles. The van der Waals surface area contributed by atoms with Crippen molar-refractivity contribution >= 4 is 12.1 Å². The van der Waals surface area contributed by atoms with Crippen LogP contribution >= 0.6 is 0 Å². The predicted molar refractivity (Wildman–Crippen MR) is 104 cm³/mol. The Morgan fingerprint density at radius 2 is 1.68 bits per heavy atom. The van der Waals surface area contributed by atoms with Crippen molar-refractivity contribution in [2.24, 2.45) is 0 Å². The van der Waals surface area contributed by atoms with E-state index in [4.69, 9.17) is 9.47 Å². The maximum absolute atomic E-state index is 12.6. The second-order valence-electron chi connectivity index (χ2n) is 6.97. The third kappa shape index (κ3) is 6.01. The van der Waals surface area contributed by atoms with Crippen molar-refractivity contribution in [3.63, 3.8) is 0 Å². The predicted octanol–water partition coefficient (Wildman–Crippen LogP) is 3.72.